The molecule has 0 aliphatic carbocycles. The fraction of sp³-hybridized carbons (Fsp3) is 0.185. The van der Waals surface area contributed by atoms with Crippen LogP contribution in [0.2, 0.25) is 0 Å². The van der Waals surface area contributed by atoms with E-state index >= 15 is 0 Å². The summed E-state index contributed by atoms with van der Waals surface area (Å²) in [6.07, 6.45) is 3.24. The Kier molecular flexibility index (Phi) is 5.66. The highest BCUT2D eigenvalue weighted by Gasteiger charge is 2.24. The summed E-state index contributed by atoms with van der Waals surface area (Å²) in [5.41, 5.74) is 5.37. The number of halogens is 1. The lowest BCUT2D eigenvalue weighted by atomic mass is 9.96. The van der Waals surface area contributed by atoms with Crippen molar-refractivity contribution in [2.45, 2.75) is 19.4 Å². The fourth-order valence-corrected chi connectivity index (χ4v) is 4.53. The van der Waals surface area contributed by atoms with Crippen LogP contribution in [0.25, 0.3) is 5.57 Å². The summed E-state index contributed by atoms with van der Waals surface area (Å²) in [7, 11) is 0. The van der Waals surface area contributed by atoms with Gasteiger partial charge in [-0.3, -0.25) is 9.59 Å². The van der Waals surface area contributed by atoms with Crippen molar-refractivity contribution >= 4 is 33.2 Å². The van der Waals surface area contributed by atoms with Crippen LogP contribution in [0.15, 0.2) is 77.3 Å². The predicted molar refractivity (Wildman–Crippen MR) is 128 cm³/mol. The van der Waals surface area contributed by atoms with Gasteiger partial charge >= 0.3 is 0 Å². The van der Waals surface area contributed by atoms with Crippen LogP contribution < -0.4 is 4.74 Å². The summed E-state index contributed by atoms with van der Waals surface area (Å²) in [6, 6.07) is 21.3. The first-order chi connectivity index (χ1) is 15.6. The maximum absolute atomic E-state index is 13.1. The van der Waals surface area contributed by atoms with Crippen molar-refractivity contribution < 1.29 is 14.3 Å². The van der Waals surface area contributed by atoms with E-state index in [-0.39, 0.29) is 18.1 Å². The average Bonchev–Trinajstić information content (AvgIpc) is 2.96. The summed E-state index contributed by atoms with van der Waals surface area (Å²) in [6.45, 7) is 1.67. The molecule has 0 fully saturated rings. The highest BCUT2D eigenvalue weighted by atomic mass is 79.9. The smallest absolute Gasteiger partial charge is 0.227 e. The minimum absolute atomic E-state index is 0.0533. The average molecular weight is 488 g/mol. The summed E-state index contributed by atoms with van der Waals surface area (Å²) >= 11 is 3.47. The van der Waals surface area contributed by atoms with Crippen LogP contribution >= 0.6 is 15.9 Å². The molecule has 2 aliphatic heterocycles. The quantitative estimate of drug-likeness (QED) is 0.494. The summed E-state index contributed by atoms with van der Waals surface area (Å²) in [4.78, 5) is 27.9. The van der Waals surface area contributed by atoms with Crippen LogP contribution in [-0.2, 0) is 17.8 Å². The van der Waals surface area contributed by atoms with Gasteiger partial charge in [-0.15, -0.1) is 0 Å². The van der Waals surface area contributed by atoms with E-state index in [0.29, 0.717) is 36.6 Å². The van der Waals surface area contributed by atoms with Crippen molar-refractivity contribution in [1.82, 2.24) is 4.90 Å². The molecule has 0 saturated carbocycles. The Bertz CT molecular complexity index is 1230. The number of benzene rings is 3. The van der Waals surface area contributed by atoms with Gasteiger partial charge in [0.05, 0.1) is 12.0 Å². The van der Waals surface area contributed by atoms with Crippen LogP contribution in [0, 0.1) is 0 Å². The lowest BCUT2D eigenvalue weighted by Crippen LogP contribution is -2.35. The molecule has 3 aromatic carbocycles. The molecule has 0 atom stereocenters. The zero-order chi connectivity index (χ0) is 22.1. The number of carbonyl (C=O) groups excluding carboxylic acids is 2. The number of ether oxygens (including phenoxy) is 1. The molecule has 0 N–H and O–H groups in total. The number of rotatable bonds is 3. The van der Waals surface area contributed by atoms with Gasteiger partial charge in [-0.05, 0) is 47.4 Å². The molecule has 3 aromatic rings. The van der Waals surface area contributed by atoms with Crippen molar-refractivity contribution in [3.8, 4) is 5.75 Å². The highest BCUT2D eigenvalue weighted by Crippen LogP contribution is 2.30. The van der Waals surface area contributed by atoms with Crippen molar-refractivity contribution in [3.05, 3.63) is 105 Å². The Morgan fingerprint density at radius 3 is 2.59 bits per heavy atom. The Morgan fingerprint density at radius 2 is 1.81 bits per heavy atom. The van der Waals surface area contributed by atoms with E-state index in [1.54, 1.807) is 0 Å². The lowest BCUT2D eigenvalue weighted by molar-refractivity contribution is -0.130. The minimum Gasteiger partial charge on any atom is -0.488 e. The van der Waals surface area contributed by atoms with Crippen LogP contribution in [0.1, 0.15) is 39.0 Å². The Balaban J connectivity index is 1.30. The monoisotopic (exact) mass is 487 g/mol. The second-order valence-electron chi connectivity index (χ2n) is 8.11. The molecule has 5 heteroatoms. The predicted octanol–water partition coefficient (Wildman–Crippen LogP) is 5.43. The molecule has 32 heavy (non-hydrogen) atoms. The number of hydrogen-bond acceptors (Lipinski definition) is 3. The molecule has 0 aromatic heterocycles. The van der Waals surface area contributed by atoms with Crippen molar-refractivity contribution in [3.63, 3.8) is 0 Å². The number of carbonyl (C=O) groups is 2. The number of nitrogens with zero attached hydrogens (tertiary/aromatic N) is 1. The third kappa shape index (κ3) is 4.13. The number of fused-ring (bicyclic) bond motifs is 2. The van der Waals surface area contributed by atoms with Crippen LogP contribution in [0.3, 0.4) is 0 Å². The molecule has 0 spiro atoms. The Hall–Kier alpha value is -3.18. The van der Waals surface area contributed by atoms with E-state index in [0.717, 1.165) is 22.0 Å². The summed E-state index contributed by atoms with van der Waals surface area (Å²) < 4.78 is 6.91. The van der Waals surface area contributed by atoms with Crippen LogP contribution in [-0.4, -0.2) is 29.7 Å². The van der Waals surface area contributed by atoms with E-state index in [1.807, 2.05) is 59.5 Å². The fourth-order valence-electron chi connectivity index (χ4n) is 4.27. The van der Waals surface area contributed by atoms with E-state index in [4.69, 9.17) is 4.74 Å². The van der Waals surface area contributed by atoms with Crippen molar-refractivity contribution in [2.75, 3.05) is 13.1 Å². The van der Waals surface area contributed by atoms with Gasteiger partial charge in [0.2, 0.25) is 5.91 Å². The molecule has 160 valence electrons. The topological polar surface area (TPSA) is 46.6 Å². The molecule has 0 unspecified atom stereocenters. The van der Waals surface area contributed by atoms with E-state index < -0.39 is 0 Å². The molecule has 5 rings (SSSR count). The van der Waals surface area contributed by atoms with Gasteiger partial charge < -0.3 is 9.64 Å². The standard InChI is InChI=1S/C27H22BrNO3/c28-22-8-6-19(7-9-22)20-11-13-29(14-12-20)26(30)16-18-5-10-25-24(15-18)27(31)23-4-2-1-3-21(23)17-32-25/h1-11,15H,12-14,16-17H2. The van der Waals surface area contributed by atoms with Crippen LogP contribution in [0.5, 0.6) is 5.75 Å². The van der Waals surface area contributed by atoms with Gasteiger partial charge in [0.25, 0.3) is 0 Å². The number of amides is 1. The first-order valence-electron chi connectivity index (χ1n) is 10.7. The van der Waals surface area contributed by atoms with E-state index in [2.05, 4.69) is 34.1 Å². The van der Waals surface area contributed by atoms with Gasteiger partial charge in [0.1, 0.15) is 12.4 Å². The second-order valence-corrected chi connectivity index (χ2v) is 9.02. The number of hydrogen-bond donors (Lipinski definition) is 0. The molecule has 2 aliphatic rings. The van der Waals surface area contributed by atoms with Gasteiger partial charge in [-0.1, -0.05) is 64.5 Å². The molecule has 2 heterocycles. The molecular weight excluding hydrogens is 466 g/mol. The number of ketones is 1. The SMILES string of the molecule is O=C1c2ccccc2COc2ccc(CC(=O)N3CC=C(c4ccc(Br)cc4)CC3)cc21. The molecule has 0 saturated heterocycles. The third-order valence-electron chi connectivity index (χ3n) is 6.07. The Morgan fingerprint density at radius 1 is 1.00 bits per heavy atom. The summed E-state index contributed by atoms with van der Waals surface area (Å²) in [5, 5.41) is 0. The highest BCUT2D eigenvalue weighted by molar-refractivity contribution is 9.10. The van der Waals surface area contributed by atoms with Crippen molar-refractivity contribution in [2.24, 2.45) is 0 Å². The molecule has 4 nitrogen and oxygen atoms in total. The molecular formula is C27H22BrNO3. The normalized spacial score (nSPS) is 15.2. The van der Waals surface area contributed by atoms with Crippen LogP contribution in [0.4, 0.5) is 0 Å². The minimum atomic E-state index is -0.0533. The maximum atomic E-state index is 13.1. The zero-order valence-electron chi connectivity index (χ0n) is 17.5. The van der Waals surface area contributed by atoms with Gasteiger partial charge in [0.15, 0.2) is 5.78 Å². The second kappa shape index (κ2) is 8.75. The first kappa shape index (κ1) is 20.7. The first-order valence-corrected chi connectivity index (χ1v) is 11.5. The molecule has 0 bridgehead atoms. The third-order valence-corrected chi connectivity index (χ3v) is 6.59. The largest absolute Gasteiger partial charge is 0.488 e. The molecule has 0 radical (unpaired) electrons. The summed E-state index contributed by atoms with van der Waals surface area (Å²) in [5.74, 6) is 0.586. The zero-order valence-corrected chi connectivity index (χ0v) is 19.1. The lowest BCUT2D eigenvalue weighted by Gasteiger charge is -2.27. The van der Waals surface area contributed by atoms with Gasteiger partial charge in [-0.25, -0.2) is 0 Å². The molecule has 1 amide bonds. The van der Waals surface area contributed by atoms with E-state index in [1.165, 1.54) is 11.1 Å². The van der Waals surface area contributed by atoms with E-state index in [9.17, 15) is 9.59 Å². The van der Waals surface area contributed by atoms with Gasteiger partial charge in [0, 0.05) is 28.7 Å². The Labute approximate surface area is 195 Å². The van der Waals surface area contributed by atoms with Crippen molar-refractivity contribution in [1.29, 1.82) is 0 Å². The maximum Gasteiger partial charge on any atom is 0.227 e. The van der Waals surface area contributed by atoms with Gasteiger partial charge in [-0.2, -0.15) is 0 Å².